The number of carbonyl (C=O) groups is 2. The zero-order chi connectivity index (χ0) is 13.9. The van der Waals surface area contributed by atoms with E-state index in [1.165, 1.54) is 6.92 Å². The molecule has 0 aliphatic carbocycles. The lowest BCUT2D eigenvalue weighted by molar-refractivity contribution is -0.139. The summed E-state index contributed by atoms with van der Waals surface area (Å²) in [5.74, 6) is -0.954. The molecular weight excluding hydrogens is 236 g/mol. The third-order valence-electron chi connectivity index (χ3n) is 3.18. The average Bonchev–Trinajstić information content (AvgIpc) is 1.96. The van der Waals surface area contributed by atoms with E-state index in [0.29, 0.717) is 0 Å². The molecule has 5 heteroatoms. The topological polar surface area (TPSA) is 63.6 Å². The summed E-state index contributed by atoms with van der Waals surface area (Å²) in [5.41, 5.74) is 0. The van der Waals surface area contributed by atoms with Gasteiger partial charge in [0.2, 0.25) is 0 Å². The van der Waals surface area contributed by atoms with Gasteiger partial charge < -0.3 is 9.53 Å². The maximum absolute atomic E-state index is 11.1. The number of hydrogen-bond acceptors (Lipinski definition) is 3. The monoisotopic (exact) mass is 260 g/mol. The summed E-state index contributed by atoms with van der Waals surface area (Å²) >= 11 is 0. The summed E-state index contributed by atoms with van der Waals surface area (Å²) in [6.07, 6.45) is -0.420. The van der Waals surface area contributed by atoms with Crippen LogP contribution < -0.4 is 0 Å². The van der Waals surface area contributed by atoms with Crippen LogP contribution in [0.15, 0.2) is 0 Å². The number of ketones is 1. The first-order chi connectivity index (χ1) is 7.45. The Balaban J connectivity index is 4.73. The van der Waals surface area contributed by atoms with Gasteiger partial charge in [0.05, 0.1) is 12.5 Å². The zero-order valence-electron chi connectivity index (χ0n) is 11.7. The molecule has 0 saturated heterocycles. The molecule has 0 saturated carbocycles. The third-order valence-corrected chi connectivity index (χ3v) is 7.72. The van der Waals surface area contributed by atoms with Gasteiger partial charge in [0, 0.05) is 6.42 Å². The summed E-state index contributed by atoms with van der Waals surface area (Å²) in [5, 5.41) is 8.83. The maximum atomic E-state index is 11.1. The molecule has 0 radical (unpaired) electrons. The fourth-order valence-corrected chi connectivity index (χ4v) is 2.62. The Labute approximate surface area is 104 Å². The van der Waals surface area contributed by atoms with Crippen LogP contribution in [0.4, 0.5) is 0 Å². The second kappa shape index (κ2) is 5.77. The molecule has 1 N–H and O–H groups in total. The molecule has 0 aromatic carbocycles. The van der Waals surface area contributed by atoms with Crippen molar-refractivity contribution in [2.75, 3.05) is 0 Å². The Morgan fingerprint density at radius 3 is 2.00 bits per heavy atom. The highest BCUT2D eigenvalue weighted by atomic mass is 28.4. The lowest BCUT2D eigenvalue weighted by atomic mass is 10.1. The number of carbonyl (C=O) groups excluding carboxylic acids is 1. The number of carboxylic acid groups (broad SMARTS) is 1. The zero-order valence-corrected chi connectivity index (χ0v) is 12.7. The van der Waals surface area contributed by atoms with E-state index >= 15 is 0 Å². The molecule has 0 spiro atoms. The maximum Gasteiger partial charge on any atom is 0.305 e. The van der Waals surface area contributed by atoms with Crippen LogP contribution in [0.3, 0.4) is 0 Å². The van der Waals surface area contributed by atoms with Crippen molar-refractivity contribution in [2.45, 2.75) is 64.8 Å². The number of carboxylic acids is 1. The van der Waals surface area contributed by atoms with Crippen molar-refractivity contribution >= 4 is 20.1 Å². The van der Waals surface area contributed by atoms with Gasteiger partial charge in [-0.1, -0.05) is 20.8 Å². The van der Waals surface area contributed by atoms with Gasteiger partial charge >= 0.3 is 5.97 Å². The first kappa shape index (κ1) is 16.3. The van der Waals surface area contributed by atoms with Gasteiger partial charge in [-0.2, -0.15) is 0 Å². The van der Waals surface area contributed by atoms with Crippen LogP contribution in [0.1, 0.15) is 40.5 Å². The molecule has 0 amide bonds. The van der Waals surface area contributed by atoms with Crippen LogP contribution >= 0.6 is 0 Å². The van der Waals surface area contributed by atoms with Crippen LogP contribution in [-0.2, 0) is 14.0 Å². The van der Waals surface area contributed by atoms with E-state index in [1.54, 1.807) is 0 Å². The van der Waals surface area contributed by atoms with Crippen LogP contribution in [0.25, 0.3) is 0 Å². The Morgan fingerprint density at radius 2 is 1.71 bits per heavy atom. The molecule has 0 rings (SSSR count). The lowest BCUT2D eigenvalue weighted by Crippen LogP contribution is -2.44. The molecule has 0 aromatic rings. The molecule has 0 unspecified atom stereocenters. The predicted octanol–water partition coefficient (Wildman–Crippen LogP) is 2.83. The molecule has 0 aliphatic heterocycles. The summed E-state index contributed by atoms with van der Waals surface area (Å²) < 4.78 is 5.96. The summed E-state index contributed by atoms with van der Waals surface area (Å²) in [4.78, 5) is 21.9. The van der Waals surface area contributed by atoms with Crippen molar-refractivity contribution in [1.82, 2.24) is 0 Å². The first-order valence-corrected chi connectivity index (χ1v) is 8.75. The van der Waals surface area contributed by atoms with E-state index in [-0.39, 0.29) is 23.7 Å². The molecule has 0 aliphatic rings. The van der Waals surface area contributed by atoms with E-state index in [1.807, 2.05) is 0 Å². The van der Waals surface area contributed by atoms with Gasteiger partial charge in [-0.25, -0.2) is 0 Å². The smallest absolute Gasteiger partial charge is 0.305 e. The Kier molecular flexibility index (Phi) is 5.54. The molecule has 0 fully saturated rings. The van der Waals surface area contributed by atoms with E-state index < -0.39 is 20.4 Å². The Hall–Kier alpha value is -0.683. The Bertz CT molecular complexity index is 275. The van der Waals surface area contributed by atoms with Crippen molar-refractivity contribution in [1.29, 1.82) is 0 Å². The molecule has 0 heterocycles. The normalized spacial score (nSPS) is 14.5. The van der Waals surface area contributed by atoms with E-state index in [4.69, 9.17) is 9.53 Å². The van der Waals surface area contributed by atoms with Gasteiger partial charge in [0.25, 0.3) is 0 Å². The molecule has 100 valence electrons. The number of aliphatic carboxylic acids is 1. The van der Waals surface area contributed by atoms with Crippen molar-refractivity contribution in [3.63, 3.8) is 0 Å². The van der Waals surface area contributed by atoms with Gasteiger partial charge in [-0.05, 0) is 25.1 Å². The molecule has 1 atom stereocenters. The highest BCUT2D eigenvalue weighted by Gasteiger charge is 2.39. The first-order valence-electron chi connectivity index (χ1n) is 5.85. The summed E-state index contributed by atoms with van der Waals surface area (Å²) in [6, 6.07) is 0. The highest BCUT2D eigenvalue weighted by Crippen LogP contribution is 2.37. The molecule has 0 aromatic heterocycles. The van der Waals surface area contributed by atoms with E-state index in [0.717, 1.165) is 0 Å². The predicted molar refractivity (Wildman–Crippen MR) is 69.6 cm³/mol. The quantitative estimate of drug-likeness (QED) is 0.746. The van der Waals surface area contributed by atoms with Crippen LogP contribution in [0, 0.1) is 0 Å². The second-order valence-corrected chi connectivity index (χ2v) is 10.8. The largest absolute Gasteiger partial charge is 0.481 e. The minimum atomic E-state index is -2.02. The van der Waals surface area contributed by atoms with Gasteiger partial charge in [0.1, 0.15) is 5.78 Å². The molecule has 4 nitrogen and oxygen atoms in total. The van der Waals surface area contributed by atoms with E-state index in [2.05, 4.69) is 33.9 Å². The van der Waals surface area contributed by atoms with Crippen molar-refractivity contribution < 1.29 is 19.1 Å². The van der Waals surface area contributed by atoms with Gasteiger partial charge in [-0.15, -0.1) is 0 Å². The van der Waals surface area contributed by atoms with Crippen LogP contribution in [0.5, 0.6) is 0 Å². The summed E-state index contributed by atoms with van der Waals surface area (Å²) in [7, 11) is -2.02. The van der Waals surface area contributed by atoms with E-state index in [9.17, 15) is 9.59 Å². The second-order valence-electron chi connectivity index (χ2n) is 6.00. The van der Waals surface area contributed by atoms with Crippen molar-refractivity contribution in [2.24, 2.45) is 0 Å². The van der Waals surface area contributed by atoms with Crippen molar-refractivity contribution in [3.05, 3.63) is 0 Å². The highest BCUT2D eigenvalue weighted by molar-refractivity contribution is 6.74. The van der Waals surface area contributed by atoms with Crippen molar-refractivity contribution in [3.8, 4) is 0 Å². The van der Waals surface area contributed by atoms with Crippen LogP contribution in [0.2, 0.25) is 18.1 Å². The third kappa shape index (κ3) is 5.98. The minimum Gasteiger partial charge on any atom is -0.481 e. The minimum absolute atomic E-state index is 0.0144. The molecule has 0 bridgehead atoms. The fourth-order valence-electron chi connectivity index (χ4n) is 1.26. The van der Waals surface area contributed by atoms with Gasteiger partial charge in [-0.3, -0.25) is 9.59 Å². The Morgan fingerprint density at radius 1 is 1.24 bits per heavy atom. The number of Topliss-reactive ketones (excluding diaryl/α,β-unsaturated/α-hetero) is 1. The SMILES string of the molecule is CC(=O)C[C@@H](CC(=O)O)O[Si](C)(C)C(C)(C)C. The van der Waals surface area contributed by atoms with Gasteiger partial charge in [0.15, 0.2) is 8.32 Å². The summed E-state index contributed by atoms with van der Waals surface area (Å²) in [6.45, 7) is 11.8. The molecular formula is C12H24O4Si. The molecule has 17 heavy (non-hydrogen) atoms. The van der Waals surface area contributed by atoms with Crippen LogP contribution in [-0.4, -0.2) is 31.3 Å². The lowest BCUT2D eigenvalue weighted by Gasteiger charge is -2.38. The number of hydrogen-bond donors (Lipinski definition) is 1. The number of rotatable bonds is 6. The fraction of sp³-hybridized carbons (Fsp3) is 0.833. The average molecular weight is 260 g/mol. The standard InChI is InChI=1S/C12H24O4Si/c1-9(13)7-10(8-11(14)15)16-17(5,6)12(2,3)4/h10H,7-8H2,1-6H3,(H,14,15)/t10-/m0/s1.